The molecule has 0 amide bonds. The van der Waals surface area contributed by atoms with E-state index in [-0.39, 0.29) is 0 Å². The lowest BCUT2D eigenvalue weighted by molar-refractivity contribution is 0.0872. The van der Waals surface area contributed by atoms with E-state index in [0.29, 0.717) is 19.6 Å². The third-order valence-electron chi connectivity index (χ3n) is 2.84. The van der Waals surface area contributed by atoms with Crippen LogP contribution in [0.2, 0.25) is 0 Å². The number of aliphatic hydroxyl groups is 1. The molecule has 3 heteroatoms. The minimum atomic E-state index is -0.486. The summed E-state index contributed by atoms with van der Waals surface area (Å²) in [6.45, 7) is 3.96. The second kappa shape index (κ2) is 5.32. The highest BCUT2D eigenvalue weighted by molar-refractivity contribution is 5.45. The predicted octanol–water partition coefficient (Wildman–Crippen LogP) is 2.08. The van der Waals surface area contributed by atoms with Gasteiger partial charge < -0.3 is 14.6 Å². The molecule has 0 saturated carbocycles. The van der Waals surface area contributed by atoms with Crippen LogP contribution in [0.25, 0.3) is 0 Å². The van der Waals surface area contributed by atoms with Crippen LogP contribution in [-0.4, -0.2) is 24.9 Å². The zero-order valence-corrected chi connectivity index (χ0v) is 9.61. The molecule has 0 aliphatic carbocycles. The lowest BCUT2D eigenvalue weighted by Gasteiger charge is -2.14. The van der Waals surface area contributed by atoms with Crippen molar-refractivity contribution in [3.8, 4) is 5.75 Å². The summed E-state index contributed by atoms with van der Waals surface area (Å²) >= 11 is 0. The van der Waals surface area contributed by atoms with Gasteiger partial charge in [-0.1, -0.05) is 18.2 Å². The lowest BCUT2D eigenvalue weighted by atomic mass is 10.0. The maximum absolute atomic E-state index is 10.1. The Balaban J connectivity index is 2.05. The van der Waals surface area contributed by atoms with E-state index in [4.69, 9.17) is 9.47 Å². The molecular weight excluding hydrogens is 204 g/mol. The maximum atomic E-state index is 10.1. The molecule has 88 valence electrons. The van der Waals surface area contributed by atoms with Crippen molar-refractivity contribution in [2.45, 2.75) is 25.9 Å². The monoisotopic (exact) mass is 222 g/mol. The zero-order valence-electron chi connectivity index (χ0n) is 9.61. The number of hydrogen-bond donors (Lipinski definition) is 1. The van der Waals surface area contributed by atoms with Crippen LogP contribution in [0, 0.1) is 0 Å². The van der Waals surface area contributed by atoms with Gasteiger partial charge in [0, 0.05) is 31.6 Å². The Bertz CT molecular complexity index is 349. The molecule has 0 radical (unpaired) electrons. The summed E-state index contributed by atoms with van der Waals surface area (Å²) in [6.07, 6.45) is 1.08. The predicted molar refractivity (Wildman–Crippen MR) is 61.7 cm³/mol. The zero-order chi connectivity index (χ0) is 11.4. The third-order valence-corrected chi connectivity index (χ3v) is 2.84. The number of aliphatic hydroxyl groups excluding tert-OH is 1. The molecule has 1 atom stereocenters. The molecule has 1 aromatic rings. The highest BCUT2D eigenvalue weighted by Gasteiger charge is 2.20. The van der Waals surface area contributed by atoms with Crippen molar-refractivity contribution in [3.63, 3.8) is 0 Å². The maximum Gasteiger partial charge on any atom is 0.128 e. The van der Waals surface area contributed by atoms with Gasteiger partial charge in [0.1, 0.15) is 5.75 Å². The van der Waals surface area contributed by atoms with Gasteiger partial charge in [-0.2, -0.15) is 0 Å². The van der Waals surface area contributed by atoms with Crippen LogP contribution in [0.3, 0.4) is 0 Å². The molecule has 0 bridgehead atoms. The minimum absolute atomic E-state index is 0.486. The van der Waals surface area contributed by atoms with Crippen molar-refractivity contribution in [2.24, 2.45) is 0 Å². The molecule has 3 nitrogen and oxygen atoms in total. The molecule has 1 aliphatic heterocycles. The van der Waals surface area contributed by atoms with Crippen molar-refractivity contribution < 1.29 is 14.6 Å². The molecule has 1 unspecified atom stereocenters. The Hall–Kier alpha value is -1.06. The average molecular weight is 222 g/mol. The molecule has 0 fully saturated rings. The van der Waals surface area contributed by atoms with Crippen LogP contribution < -0.4 is 4.74 Å². The minimum Gasteiger partial charge on any atom is -0.493 e. The van der Waals surface area contributed by atoms with Crippen LogP contribution >= 0.6 is 0 Å². The van der Waals surface area contributed by atoms with E-state index in [1.807, 2.05) is 19.1 Å². The van der Waals surface area contributed by atoms with Gasteiger partial charge in [-0.25, -0.2) is 0 Å². The first-order valence-corrected chi connectivity index (χ1v) is 5.83. The first-order chi connectivity index (χ1) is 7.83. The molecular formula is C13H18O3. The van der Waals surface area contributed by atoms with Gasteiger partial charge >= 0.3 is 0 Å². The van der Waals surface area contributed by atoms with Crippen LogP contribution in [0.5, 0.6) is 5.75 Å². The van der Waals surface area contributed by atoms with E-state index in [9.17, 15) is 5.11 Å². The fourth-order valence-electron chi connectivity index (χ4n) is 2.00. The number of para-hydroxylation sites is 1. The number of ether oxygens (including phenoxy) is 2. The summed E-state index contributed by atoms with van der Waals surface area (Å²) in [4.78, 5) is 0. The summed E-state index contributed by atoms with van der Waals surface area (Å²) in [5.74, 6) is 0.881. The molecule has 0 saturated heterocycles. The summed E-state index contributed by atoms with van der Waals surface area (Å²) in [5, 5.41) is 10.1. The van der Waals surface area contributed by atoms with E-state index in [0.717, 1.165) is 24.3 Å². The van der Waals surface area contributed by atoms with Gasteiger partial charge in [0.05, 0.1) is 12.7 Å². The largest absolute Gasteiger partial charge is 0.493 e. The summed E-state index contributed by atoms with van der Waals surface area (Å²) < 4.78 is 10.8. The highest BCUT2D eigenvalue weighted by Crippen LogP contribution is 2.34. The highest BCUT2D eigenvalue weighted by atomic mass is 16.5. The lowest BCUT2D eigenvalue weighted by Crippen LogP contribution is -2.04. The second-order valence-electron chi connectivity index (χ2n) is 3.94. The summed E-state index contributed by atoms with van der Waals surface area (Å²) in [6, 6.07) is 5.97. The Morgan fingerprint density at radius 3 is 3.19 bits per heavy atom. The van der Waals surface area contributed by atoms with Crippen LogP contribution in [0.4, 0.5) is 0 Å². The van der Waals surface area contributed by atoms with E-state index >= 15 is 0 Å². The normalized spacial score (nSPS) is 15.6. The van der Waals surface area contributed by atoms with Crippen LogP contribution in [0.15, 0.2) is 18.2 Å². The topological polar surface area (TPSA) is 38.7 Å². The van der Waals surface area contributed by atoms with Crippen molar-refractivity contribution >= 4 is 0 Å². The molecule has 2 rings (SSSR count). The standard InChI is InChI=1S/C13H18O3/c1-2-15-8-7-12(14)11-5-3-4-10-6-9-16-13(10)11/h3-5,12,14H,2,6-9H2,1H3. The van der Waals surface area contributed by atoms with Crippen LogP contribution in [0.1, 0.15) is 30.6 Å². The second-order valence-corrected chi connectivity index (χ2v) is 3.94. The van der Waals surface area contributed by atoms with Gasteiger partial charge in [0.2, 0.25) is 0 Å². The molecule has 0 aromatic heterocycles. The van der Waals surface area contributed by atoms with Gasteiger partial charge in [0.15, 0.2) is 0 Å². The molecule has 1 N–H and O–H groups in total. The Labute approximate surface area is 96.0 Å². The smallest absolute Gasteiger partial charge is 0.128 e. The van der Waals surface area contributed by atoms with Crippen molar-refractivity contribution in [1.29, 1.82) is 0 Å². The molecule has 1 heterocycles. The molecule has 1 aromatic carbocycles. The average Bonchev–Trinajstić information content (AvgIpc) is 2.76. The Morgan fingerprint density at radius 2 is 2.38 bits per heavy atom. The van der Waals surface area contributed by atoms with Gasteiger partial charge in [-0.05, 0) is 12.5 Å². The first kappa shape index (κ1) is 11.4. The number of benzene rings is 1. The van der Waals surface area contributed by atoms with E-state index in [2.05, 4.69) is 6.07 Å². The number of fused-ring (bicyclic) bond motifs is 1. The fraction of sp³-hybridized carbons (Fsp3) is 0.538. The summed E-state index contributed by atoms with van der Waals surface area (Å²) in [5.41, 5.74) is 2.10. The number of hydrogen-bond acceptors (Lipinski definition) is 3. The van der Waals surface area contributed by atoms with Crippen LogP contribution in [-0.2, 0) is 11.2 Å². The quantitative estimate of drug-likeness (QED) is 0.775. The van der Waals surface area contributed by atoms with Gasteiger partial charge in [-0.15, -0.1) is 0 Å². The fourth-order valence-corrected chi connectivity index (χ4v) is 2.00. The van der Waals surface area contributed by atoms with E-state index < -0.39 is 6.10 Å². The molecule has 0 spiro atoms. The van der Waals surface area contributed by atoms with Crippen molar-refractivity contribution in [3.05, 3.63) is 29.3 Å². The molecule has 1 aliphatic rings. The first-order valence-electron chi connectivity index (χ1n) is 5.83. The van der Waals surface area contributed by atoms with Crippen molar-refractivity contribution in [2.75, 3.05) is 19.8 Å². The van der Waals surface area contributed by atoms with E-state index in [1.165, 1.54) is 5.56 Å². The molecule has 16 heavy (non-hydrogen) atoms. The Kier molecular flexibility index (Phi) is 3.80. The van der Waals surface area contributed by atoms with Gasteiger partial charge in [0.25, 0.3) is 0 Å². The van der Waals surface area contributed by atoms with Crippen molar-refractivity contribution in [1.82, 2.24) is 0 Å². The summed E-state index contributed by atoms with van der Waals surface area (Å²) in [7, 11) is 0. The van der Waals surface area contributed by atoms with E-state index in [1.54, 1.807) is 0 Å². The van der Waals surface area contributed by atoms with Gasteiger partial charge in [-0.3, -0.25) is 0 Å². The number of rotatable bonds is 5. The Morgan fingerprint density at radius 1 is 1.50 bits per heavy atom. The third kappa shape index (κ3) is 2.36. The SMILES string of the molecule is CCOCCC(O)c1cccc2c1OCC2.